The second-order valence-electron chi connectivity index (χ2n) is 9.51. The monoisotopic (exact) mass is 517 g/mol. The largest absolute Gasteiger partial charge is 0.506 e. The number of hydrogen-bond acceptors (Lipinski definition) is 6. The van der Waals surface area contributed by atoms with Crippen molar-refractivity contribution in [1.29, 1.82) is 0 Å². The standard InChI is InChI=1S/C23H32BrN5O2Si/c1-16(2)19-14-21(24)25-20(22(19)30)11-8-17-6-9-18(10-7-17)23-26-28-29(27-23)15-31-12-13-32(3,4)5/h6-7,9-10,14,16,30H,8,11-13,15H2,1-5H3. The molecule has 0 fully saturated rings. The number of pyridine rings is 1. The highest BCUT2D eigenvalue weighted by atomic mass is 79.9. The van der Waals surface area contributed by atoms with E-state index < -0.39 is 8.07 Å². The number of halogens is 1. The van der Waals surface area contributed by atoms with Crippen molar-refractivity contribution in [3.05, 3.63) is 51.8 Å². The highest BCUT2D eigenvalue weighted by Gasteiger charge is 2.14. The minimum absolute atomic E-state index is 0.235. The molecule has 0 saturated carbocycles. The molecule has 3 rings (SSSR count). The predicted molar refractivity (Wildman–Crippen MR) is 132 cm³/mol. The van der Waals surface area contributed by atoms with E-state index in [1.807, 2.05) is 18.2 Å². The number of aryl methyl sites for hydroxylation is 2. The summed E-state index contributed by atoms with van der Waals surface area (Å²) in [5, 5.41) is 23.2. The molecule has 172 valence electrons. The van der Waals surface area contributed by atoms with Crippen molar-refractivity contribution in [3.63, 3.8) is 0 Å². The molecule has 32 heavy (non-hydrogen) atoms. The van der Waals surface area contributed by atoms with Crippen molar-refractivity contribution in [2.24, 2.45) is 0 Å². The third-order valence-corrected chi connectivity index (χ3v) is 7.31. The zero-order chi connectivity index (χ0) is 23.3. The first-order chi connectivity index (χ1) is 15.1. The molecule has 0 atom stereocenters. The van der Waals surface area contributed by atoms with Gasteiger partial charge in [-0.2, -0.15) is 0 Å². The molecule has 0 unspecified atom stereocenters. The first-order valence-corrected chi connectivity index (χ1v) is 15.5. The lowest BCUT2D eigenvalue weighted by molar-refractivity contribution is 0.0674. The third-order valence-electron chi connectivity index (χ3n) is 5.20. The summed E-state index contributed by atoms with van der Waals surface area (Å²) in [6.07, 6.45) is 1.44. The smallest absolute Gasteiger partial charge is 0.205 e. The summed E-state index contributed by atoms with van der Waals surface area (Å²) in [7, 11) is -1.10. The lowest BCUT2D eigenvalue weighted by Gasteiger charge is -2.14. The fourth-order valence-corrected chi connectivity index (χ4v) is 4.43. The average molecular weight is 519 g/mol. The molecule has 1 aromatic carbocycles. The van der Waals surface area contributed by atoms with Crippen LogP contribution in [0, 0.1) is 0 Å². The van der Waals surface area contributed by atoms with Gasteiger partial charge < -0.3 is 9.84 Å². The van der Waals surface area contributed by atoms with E-state index in [2.05, 4.69) is 81.9 Å². The first-order valence-electron chi connectivity index (χ1n) is 11.0. The van der Waals surface area contributed by atoms with Gasteiger partial charge in [-0.1, -0.05) is 57.8 Å². The van der Waals surface area contributed by atoms with Crippen LogP contribution in [0.2, 0.25) is 25.7 Å². The van der Waals surface area contributed by atoms with E-state index in [1.54, 1.807) is 0 Å². The molecule has 0 aliphatic heterocycles. The van der Waals surface area contributed by atoms with E-state index in [-0.39, 0.29) is 5.92 Å². The zero-order valence-electron chi connectivity index (χ0n) is 19.5. The molecule has 0 radical (unpaired) electrons. The quantitative estimate of drug-likeness (QED) is 0.219. The zero-order valence-corrected chi connectivity index (χ0v) is 22.1. The lowest BCUT2D eigenvalue weighted by atomic mass is 9.99. The second kappa shape index (κ2) is 10.7. The van der Waals surface area contributed by atoms with Gasteiger partial charge in [-0.25, -0.2) is 4.98 Å². The van der Waals surface area contributed by atoms with E-state index in [0.717, 1.165) is 40.4 Å². The molecule has 0 aliphatic rings. The van der Waals surface area contributed by atoms with Gasteiger partial charge >= 0.3 is 0 Å². The molecule has 3 aromatic rings. The molecule has 2 heterocycles. The molecule has 7 nitrogen and oxygen atoms in total. The molecule has 0 aliphatic carbocycles. The number of rotatable bonds is 10. The van der Waals surface area contributed by atoms with Crippen LogP contribution in [0.4, 0.5) is 0 Å². The lowest BCUT2D eigenvalue weighted by Crippen LogP contribution is -2.22. The molecule has 0 amide bonds. The van der Waals surface area contributed by atoms with Crippen LogP contribution >= 0.6 is 15.9 Å². The Kier molecular flexibility index (Phi) is 8.19. The number of ether oxygens (including phenoxy) is 1. The fourth-order valence-electron chi connectivity index (χ4n) is 3.21. The number of hydrogen-bond donors (Lipinski definition) is 1. The van der Waals surface area contributed by atoms with E-state index >= 15 is 0 Å². The Labute approximate surface area is 199 Å². The van der Waals surface area contributed by atoms with Gasteiger partial charge in [-0.15, -0.1) is 15.0 Å². The average Bonchev–Trinajstić information content (AvgIpc) is 3.20. The Bertz CT molecular complexity index is 1030. The maximum atomic E-state index is 10.6. The second-order valence-corrected chi connectivity index (χ2v) is 15.9. The maximum Gasteiger partial charge on any atom is 0.205 e. The fraction of sp³-hybridized carbons (Fsp3) is 0.478. The molecular weight excluding hydrogens is 486 g/mol. The van der Waals surface area contributed by atoms with E-state index in [0.29, 0.717) is 30.4 Å². The minimum Gasteiger partial charge on any atom is -0.506 e. The first kappa shape index (κ1) is 24.5. The minimum atomic E-state index is -1.10. The van der Waals surface area contributed by atoms with E-state index in [9.17, 15) is 5.11 Å². The molecule has 0 saturated heterocycles. The van der Waals surface area contributed by atoms with Crippen molar-refractivity contribution < 1.29 is 9.84 Å². The number of benzene rings is 1. The summed E-state index contributed by atoms with van der Waals surface area (Å²) < 4.78 is 6.43. The Morgan fingerprint density at radius 2 is 1.84 bits per heavy atom. The van der Waals surface area contributed by atoms with Crippen LogP contribution in [0.1, 0.15) is 36.6 Å². The molecule has 0 bridgehead atoms. The van der Waals surface area contributed by atoms with Gasteiger partial charge in [0.25, 0.3) is 0 Å². The number of aromatic nitrogens is 5. The van der Waals surface area contributed by atoms with Crippen LogP contribution < -0.4 is 0 Å². The van der Waals surface area contributed by atoms with Gasteiger partial charge in [-0.3, -0.25) is 0 Å². The van der Waals surface area contributed by atoms with Crippen LogP contribution in [-0.2, 0) is 24.3 Å². The summed E-state index contributed by atoms with van der Waals surface area (Å²) in [6, 6.07) is 11.1. The topological polar surface area (TPSA) is 86.0 Å². The Morgan fingerprint density at radius 1 is 1.12 bits per heavy atom. The number of aromatic hydroxyl groups is 1. The Balaban J connectivity index is 1.58. The normalized spacial score (nSPS) is 12.0. The molecule has 0 spiro atoms. The third kappa shape index (κ3) is 6.95. The van der Waals surface area contributed by atoms with E-state index in [1.165, 1.54) is 4.80 Å². The van der Waals surface area contributed by atoms with Crippen LogP contribution in [0.25, 0.3) is 11.4 Å². The van der Waals surface area contributed by atoms with Gasteiger partial charge in [-0.05, 0) is 57.6 Å². The van der Waals surface area contributed by atoms with Crippen molar-refractivity contribution in [2.75, 3.05) is 6.61 Å². The van der Waals surface area contributed by atoms with E-state index in [4.69, 9.17) is 4.74 Å². The van der Waals surface area contributed by atoms with Crippen LogP contribution in [-0.4, -0.2) is 45.0 Å². The number of nitrogens with zero attached hydrogens (tertiary/aromatic N) is 5. The molecule has 9 heteroatoms. The molecular formula is C23H32BrN5O2Si. The Morgan fingerprint density at radius 3 is 2.50 bits per heavy atom. The van der Waals surface area contributed by atoms with Gasteiger partial charge in [0.15, 0.2) is 6.73 Å². The highest BCUT2D eigenvalue weighted by Crippen LogP contribution is 2.31. The van der Waals surface area contributed by atoms with Gasteiger partial charge in [0.05, 0.1) is 5.69 Å². The number of tetrazole rings is 1. The predicted octanol–water partition coefficient (Wildman–Crippen LogP) is 5.42. The van der Waals surface area contributed by atoms with Gasteiger partial charge in [0.2, 0.25) is 5.82 Å². The van der Waals surface area contributed by atoms with Crippen LogP contribution in [0.15, 0.2) is 34.9 Å². The maximum absolute atomic E-state index is 10.6. The van der Waals surface area contributed by atoms with Crippen molar-refractivity contribution in [3.8, 4) is 17.1 Å². The summed E-state index contributed by atoms with van der Waals surface area (Å²) in [5.41, 5.74) is 3.69. The summed E-state index contributed by atoms with van der Waals surface area (Å²) in [6.45, 7) is 12.1. The summed E-state index contributed by atoms with van der Waals surface area (Å²) >= 11 is 3.46. The Hall–Kier alpha value is -2.10. The van der Waals surface area contributed by atoms with Crippen LogP contribution in [0.3, 0.4) is 0 Å². The molecule has 2 aromatic heterocycles. The van der Waals surface area contributed by atoms with Gasteiger partial charge in [0, 0.05) is 25.8 Å². The van der Waals surface area contributed by atoms with Crippen molar-refractivity contribution >= 4 is 24.0 Å². The summed E-state index contributed by atoms with van der Waals surface area (Å²) in [5.74, 6) is 1.12. The molecule has 1 N–H and O–H groups in total. The van der Waals surface area contributed by atoms with Crippen molar-refractivity contribution in [1.82, 2.24) is 25.2 Å². The highest BCUT2D eigenvalue weighted by molar-refractivity contribution is 9.10. The van der Waals surface area contributed by atoms with Crippen LogP contribution in [0.5, 0.6) is 5.75 Å². The SMILES string of the molecule is CC(C)c1cc(Br)nc(CCc2ccc(-c3nnn(COCC[Si](C)(C)C)n3)cc2)c1O. The van der Waals surface area contributed by atoms with Gasteiger partial charge in [0.1, 0.15) is 10.4 Å². The van der Waals surface area contributed by atoms with Crippen molar-refractivity contribution in [2.45, 2.75) is 65.0 Å². The summed E-state index contributed by atoms with van der Waals surface area (Å²) in [4.78, 5) is 5.96.